The molecule has 0 aliphatic rings. The fourth-order valence-corrected chi connectivity index (χ4v) is 1.82. The first-order valence-electron chi connectivity index (χ1n) is 6.26. The van der Waals surface area contributed by atoms with Crippen LogP contribution in [0.3, 0.4) is 0 Å². The summed E-state index contributed by atoms with van der Waals surface area (Å²) in [6.45, 7) is 11.8. The maximum absolute atomic E-state index is 4.34. The summed E-state index contributed by atoms with van der Waals surface area (Å²) in [5.41, 5.74) is 0. The lowest BCUT2D eigenvalue weighted by atomic mass is 9.92. The molecule has 0 saturated carbocycles. The molecule has 1 N–H and O–H groups in total. The predicted molar refractivity (Wildman–Crippen MR) is 66.3 cm³/mol. The molecule has 1 aromatic heterocycles. The van der Waals surface area contributed by atoms with Crippen molar-refractivity contribution in [1.29, 1.82) is 0 Å². The minimum absolute atomic E-state index is 0.634. The van der Waals surface area contributed by atoms with Gasteiger partial charge in [-0.05, 0) is 31.8 Å². The van der Waals surface area contributed by atoms with E-state index >= 15 is 0 Å². The van der Waals surface area contributed by atoms with Gasteiger partial charge in [-0.2, -0.15) is 5.10 Å². The van der Waals surface area contributed by atoms with Crippen molar-refractivity contribution >= 4 is 0 Å². The molecule has 1 rings (SSSR count). The van der Waals surface area contributed by atoms with Crippen molar-refractivity contribution in [3.63, 3.8) is 0 Å². The Kier molecular flexibility index (Phi) is 5.46. The van der Waals surface area contributed by atoms with Gasteiger partial charge in [0.1, 0.15) is 12.2 Å². The van der Waals surface area contributed by atoms with Crippen molar-refractivity contribution in [2.24, 2.45) is 11.8 Å². The van der Waals surface area contributed by atoms with E-state index in [1.54, 1.807) is 6.33 Å². The van der Waals surface area contributed by atoms with Gasteiger partial charge in [-0.3, -0.25) is 4.68 Å². The molecule has 0 bridgehead atoms. The molecule has 0 saturated heterocycles. The summed E-state index contributed by atoms with van der Waals surface area (Å²) in [6, 6.07) is 0. The van der Waals surface area contributed by atoms with Crippen molar-refractivity contribution in [1.82, 2.24) is 20.1 Å². The first kappa shape index (κ1) is 13.2. The van der Waals surface area contributed by atoms with E-state index in [9.17, 15) is 0 Å². The fourth-order valence-electron chi connectivity index (χ4n) is 1.82. The van der Waals surface area contributed by atoms with Gasteiger partial charge in [0.05, 0.1) is 0 Å². The molecule has 0 aliphatic carbocycles. The van der Waals surface area contributed by atoms with Crippen LogP contribution in [-0.2, 0) is 13.0 Å². The molecule has 1 aromatic rings. The molecule has 0 aromatic carbocycles. The number of nitrogens with one attached hydrogen (secondary N) is 1. The van der Waals surface area contributed by atoms with Crippen LogP contribution < -0.4 is 5.32 Å². The highest BCUT2D eigenvalue weighted by Crippen LogP contribution is 2.15. The summed E-state index contributed by atoms with van der Waals surface area (Å²) in [5, 5.41) is 7.63. The minimum Gasteiger partial charge on any atom is -0.317 e. The summed E-state index contributed by atoms with van der Waals surface area (Å²) in [5.74, 6) is 2.41. The molecule has 0 amide bonds. The molecule has 92 valence electrons. The van der Waals surface area contributed by atoms with Crippen molar-refractivity contribution in [2.45, 2.75) is 40.7 Å². The molecule has 0 radical (unpaired) electrons. The average Bonchev–Trinajstić information content (AvgIpc) is 2.70. The van der Waals surface area contributed by atoms with Crippen molar-refractivity contribution < 1.29 is 0 Å². The molecule has 0 spiro atoms. The van der Waals surface area contributed by atoms with E-state index in [-0.39, 0.29) is 0 Å². The second kappa shape index (κ2) is 6.63. The van der Waals surface area contributed by atoms with Gasteiger partial charge in [-0.25, -0.2) is 4.98 Å². The number of rotatable bonds is 7. The number of hydrogen-bond donors (Lipinski definition) is 1. The van der Waals surface area contributed by atoms with Crippen LogP contribution in [0.25, 0.3) is 0 Å². The van der Waals surface area contributed by atoms with Crippen molar-refractivity contribution in [2.75, 3.05) is 13.1 Å². The van der Waals surface area contributed by atoms with E-state index in [0.29, 0.717) is 11.8 Å². The third kappa shape index (κ3) is 3.59. The SMILES string of the molecule is CCNCC(Cc1ncnn1CC)C(C)C. The Bertz CT molecular complexity index is 293. The van der Waals surface area contributed by atoms with E-state index in [1.807, 2.05) is 4.68 Å². The van der Waals surface area contributed by atoms with E-state index < -0.39 is 0 Å². The van der Waals surface area contributed by atoms with Gasteiger partial charge in [0.25, 0.3) is 0 Å². The van der Waals surface area contributed by atoms with Gasteiger partial charge < -0.3 is 5.32 Å². The van der Waals surface area contributed by atoms with Crippen LogP contribution in [0, 0.1) is 11.8 Å². The topological polar surface area (TPSA) is 42.7 Å². The lowest BCUT2D eigenvalue weighted by Crippen LogP contribution is -2.28. The zero-order chi connectivity index (χ0) is 12.0. The summed E-state index contributed by atoms with van der Waals surface area (Å²) >= 11 is 0. The first-order valence-corrected chi connectivity index (χ1v) is 6.26. The van der Waals surface area contributed by atoms with Crippen LogP contribution in [0.2, 0.25) is 0 Å². The summed E-state index contributed by atoms with van der Waals surface area (Å²) in [4.78, 5) is 4.34. The van der Waals surface area contributed by atoms with Crippen LogP contribution >= 0.6 is 0 Å². The largest absolute Gasteiger partial charge is 0.317 e. The highest BCUT2D eigenvalue weighted by molar-refractivity contribution is 4.88. The Morgan fingerprint density at radius 2 is 2.12 bits per heavy atom. The molecular weight excluding hydrogens is 200 g/mol. The van der Waals surface area contributed by atoms with Gasteiger partial charge in [0.15, 0.2) is 0 Å². The zero-order valence-electron chi connectivity index (χ0n) is 10.9. The highest BCUT2D eigenvalue weighted by atomic mass is 15.3. The maximum Gasteiger partial charge on any atom is 0.138 e. The molecule has 1 unspecified atom stereocenters. The van der Waals surface area contributed by atoms with E-state index in [4.69, 9.17) is 0 Å². The quantitative estimate of drug-likeness (QED) is 0.767. The molecule has 1 atom stereocenters. The fraction of sp³-hybridized carbons (Fsp3) is 0.833. The number of aromatic nitrogens is 3. The standard InChI is InChI=1S/C12H24N4/c1-5-13-8-11(10(3)4)7-12-14-9-15-16(12)6-2/h9-11,13H,5-8H2,1-4H3. The Labute approximate surface area is 98.5 Å². The van der Waals surface area contributed by atoms with Crippen LogP contribution in [0.4, 0.5) is 0 Å². The second-order valence-electron chi connectivity index (χ2n) is 4.51. The smallest absolute Gasteiger partial charge is 0.138 e. The van der Waals surface area contributed by atoms with E-state index in [1.165, 1.54) is 0 Å². The Morgan fingerprint density at radius 3 is 2.69 bits per heavy atom. The van der Waals surface area contributed by atoms with Gasteiger partial charge in [0.2, 0.25) is 0 Å². The lowest BCUT2D eigenvalue weighted by molar-refractivity contribution is 0.351. The summed E-state index contributed by atoms with van der Waals surface area (Å²) in [6.07, 6.45) is 2.67. The van der Waals surface area contributed by atoms with Crippen LogP contribution in [0.1, 0.15) is 33.5 Å². The molecule has 4 heteroatoms. The van der Waals surface area contributed by atoms with Gasteiger partial charge in [-0.1, -0.05) is 20.8 Å². The third-order valence-corrected chi connectivity index (χ3v) is 3.04. The van der Waals surface area contributed by atoms with Crippen LogP contribution in [0.5, 0.6) is 0 Å². The van der Waals surface area contributed by atoms with Gasteiger partial charge in [-0.15, -0.1) is 0 Å². The van der Waals surface area contributed by atoms with Gasteiger partial charge >= 0.3 is 0 Å². The molecule has 1 heterocycles. The Morgan fingerprint density at radius 1 is 1.38 bits per heavy atom. The van der Waals surface area contributed by atoms with E-state index in [2.05, 4.69) is 43.1 Å². The second-order valence-corrected chi connectivity index (χ2v) is 4.51. The van der Waals surface area contributed by atoms with Crippen LogP contribution in [-0.4, -0.2) is 27.9 Å². The highest BCUT2D eigenvalue weighted by Gasteiger charge is 2.16. The third-order valence-electron chi connectivity index (χ3n) is 3.04. The normalized spacial score (nSPS) is 13.3. The number of nitrogens with zero attached hydrogens (tertiary/aromatic N) is 3. The zero-order valence-corrected chi connectivity index (χ0v) is 10.9. The van der Waals surface area contributed by atoms with Crippen LogP contribution in [0.15, 0.2) is 6.33 Å². The van der Waals surface area contributed by atoms with E-state index in [0.717, 1.165) is 31.9 Å². The number of aryl methyl sites for hydroxylation is 1. The molecule has 0 fully saturated rings. The molecule has 0 aliphatic heterocycles. The number of hydrogen-bond acceptors (Lipinski definition) is 3. The monoisotopic (exact) mass is 224 g/mol. The molecule has 16 heavy (non-hydrogen) atoms. The lowest BCUT2D eigenvalue weighted by Gasteiger charge is -2.20. The summed E-state index contributed by atoms with van der Waals surface area (Å²) < 4.78 is 1.99. The molecule has 4 nitrogen and oxygen atoms in total. The van der Waals surface area contributed by atoms with Crippen molar-refractivity contribution in [3.05, 3.63) is 12.2 Å². The molecular formula is C12H24N4. The Hall–Kier alpha value is -0.900. The predicted octanol–water partition coefficient (Wildman–Crippen LogP) is 1.72. The minimum atomic E-state index is 0.634. The first-order chi connectivity index (χ1) is 7.69. The average molecular weight is 224 g/mol. The summed E-state index contributed by atoms with van der Waals surface area (Å²) in [7, 11) is 0. The Balaban J connectivity index is 2.60. The van der Waals surface area contributed by atoms with Gasteiger partial charge in [0, 0.05) is 13.0 Å². The maximum atomic E-state index is 4.34. The van der Waals surface area contributed by atoms with Crippen molar-refractivity contribution in [3.8, 4) is 0 Å².